The van der Waals surface area contributed by atoms with Gasteiger partial charge < -0.3 is 9.80 Å². The van der Waals surface area contributed by atoms with Crippen LogP contribution in [0.1, 0.15) is 11.1 Å². The molecular weight excluding hydrogens is 797 g/mol. The maximum absolute atomic E-state index is 2.39. The van der Waals surface area contributed by atoms with E-state index in [4.69, 9.17) is 0 Å². The second-order valence-electron chi connectivity index (χ2n) is 17.3. The van der Waals surface area contributed by atoms with E-state index in [2.05, 4.69) is 265 Å². The molecular formula is C64H42N2. The molecule has 0 N–H and O–H groups in total. The average Bonchev–Trinajstić information content (AvgIpc) is 3.39. The number of nitrogens with zero attached hydrogens (tertiary/aromatic N) is 2. The molecule has 0 saturated heterocycles. The van der Waals surface area contributed by atoms with Crippen molar-refractivity contribution in [3.8, 4) is 11.1 Å². The fourth-order valence-electron chi connectivity index (χ4n) is 10.4. The van der Waals surface area contributed by atoms with Crippen molar-refractivity contribution in [2.24, 2.45) is 0 Å². The first-order chi connectivity index (χ1) is 32.7. The van der Waals surface area contributed by atoms with E-state index >= 15 is 0 Å². The van der Waals surface area contributed by atoms with Gasteiger partial charge in [-0.15, -0.1) is 0 Å². The number of rotatable bonds is 9. The normalized spacial score (nSPS) is 11.9. The van der Waals surface area contributed by atoms with Crippen molar-refractivity contribution in [2.45, 2.75) is 0 Å². The smallest absolute Gasteiger partial charge is 0.0540 e. The minimum atomic E-state index is 1.12. The van der Waals surface area contributed by atoms with Crippen molar-refractivity contribution in [2.75, 3.05) is 9.80 Å². The molecule has 0 fully saturated rings. The molecule has 308 valence electrons. The molecule has 0 amide bonds. The van der Waals surface area contributed by atoms with Crippen LogP contribution >= 0.6 is 0 Å². The van der Waals surface area contributed by atoms with Gasteiger partial charge in [-0.05, 0) is 137 Å². The summed E-state index contributed by atoms with van der Waals surface area (Å²) >= 11 is 0. The van der Waals surface area contributed by atoms with E-state index in [1.165, 1.54) is 87.1 Å². The third-order valence-corrected chi connectivity index (χ3v) is 13.5. The zero-order chi connectivity index (χ0) is 43.6. The summed E-state index contributed by atoms with van der Waals surface area (Å²) in [4.78, 5) is 4.78. The molecule has 0 unspecified atom stereocenters. The third kappa shape index (κ3) is 6.34. The van der Waals surface area contributed by atoms with Crippen molar-refractivity contribution >= 4 is 111 Å². The van der Waals surface area contributed by atoms with Crippen molar-refractivity contribution in [3.63, 3.8) is 0 Å². The van der Waals surface area contributed by atoms with Gasteiger partial charge in [-0.3, -0.25) is 0 Å². The van der Waals surface area contributed by atoms with E-state index in [-0.39, 0.29) is 0 Å². The summed E-state index contributed by atoms with van der Waals surface area (Å²) in [6, 6.07) is 88.6. The molecule has 0 aliphatic carbocycles. The Morgan fingerprint density at radius 2 is 0.545 bits per heavy atom. The van der Waals surface area contributed by atoms with Crippen LogP contribution in [0.25, 0.3) is 87.9 Å². The summed E-state index contributed by atoms with van der Waals surface area (Å²) in [5, 5.41) is 15.4. The standard InChI is InChI=1S/C64H42N2/c1-3-13-53(14-4-1)65(59-41-33-51-27-25-47-9-7-11-49-31-39-57(59)63(51)61(47)49)55-35-21-44(22-36-55)18-17-43-19-23-45(24-20-43)46-29-37-56(38-30-46)66(54-15-5-2-6-16-54)60-42-34-52-28-26-48-10-8-12-50-32-40-58(60)64(52)62(48)50/h1-42H/b18-17+. The van der Waals surface area contributed by atoms with E-state index in [9.17, 15) is 0 Å². The Balaban J connectivity index is 0.778. The Morgan fingerprint density at radius 3 is 0.970 bits per heavy atom. The van der Waals surface area contributed by atoms with Crippen LogP contribution in [0.4, 0.5) is 34.1 Å². The summed E-state index contributed by atoms with van der Waals surface area (Å²) in [5.74, 6) is 0. The van der Waals surface area contributed by atoms with Crippen LogP contribution in [0, 0.1) is 0 Å². The number of hydrogen-bond donors (Lipinski definition) is 0. The summed E-state index contributed by atoms with van der Waals surface area (Å²) in [6.45, 7) is 0. The molecule has 66 heavy (non-hydrogen) atoms. The van der Waals surface area contributed by atoms with E-state index in [0.29, 0.717) is 0 Å². The second kappa shape index (κ2) is 15.5. The van der Waals surface area contributed by atoms with Crippen LogP contribution < -0.4 is 9.80 Å². The third-order valence-electron chi connectivity index (χ3n) is 13.5. The molecule has 0 aromatic heterocycles. The van der Waals surface area contributed by atoms with Crippen LogP contribution in [-0.4, -0.2) is 0 Å². The van der Waals surface area contributed by atoms with E-state index in [1.807, 2.05) is 0 Å². The highest BCUT2D eigenvalue weighted by Crippen LogP contribution is 2.46. The van der Waals surface area contributed by atoms with E-state index in [0.717, 1.165) is 33.9 Å². The summed E-state index contributed by atoms with van der Waals surface area (Å²) in [5.41, 5.74) is 11.5. The molecule has 0 spiro atoms. The Bertz CT molecular complexity index is 3860. The van der Waals surface area contributed by atoms with Gasteiger partial charge in [0.05, 0.1) is 11.4 Å². The zero-order valence-electron chi connectivity index (χ0n) is 36.1. The van der Waals surface area contributed by atoms with Gasteiger partial charge in [-0.2, -0.15) is 0 Å². The number of para-hydroxylation sites is 2. The number of benzene rings is 13. The maximum Gasteiger partial charge on any atom is 0.0540 e. The van der Waals surface area contributed by atoms with Gasteiger partial charge in [0.1, 0.15) is 0 Å². The highest BCUT2D eigenvalue weighted by atomic mass is 15.1. The summed E-state index contributed by atoms with van der Waals surface area (Å²) in [6.07, 6.45) is 4.40. The lowest BCUT2D eigenvalue weighted by atomic mass is 9.93. The molecule has 0 aliphatic rings. The summed E-state index contributed by atoms with van der Waals surface area (Å²) < 4.78 is 0. The molecule has 13 aromatic carbocycles. The molecule has 0 heterocycles. The lowest BCUT2D eigenvalue weighted by molar-refractivity contribution is 1.30. The van der Waals surface area contributed by atoms with Gasteiger partial charge in [0.2, 0.25) is 0 Å². The Labute approximate surface area is 383 Å². The molecule has 0 saturated carbocycles. The highest BCUT2D eigenvalue weighted by Gasteiger charge is 2.20. The van der Waals surface area contributed by atoms with Crippen molar-refractivity contribution < 1.29 is 0 Å². The first kappa shape index (κ1) is 37.8. The van der Waals surface area contributed by atoms with Crippen LogP contribution in [0.2, 0.25) is 0 Å². The Kier molecular flexibility index (Phi) is 8.89. The largest absolute Gasteiger partial charge is 0.310 e. The SMILES string of the molecule is C(=C\c1ccc(N(c2ccccc2)c2ccc3ccc4cccc5ccc2c3c45)cc1)/c1ccc(-c2ccc(N(c3ccccc3)c3ccc4ccc5cccc6ccc3c4c56)cc2)cc1. The van der Waals surface area contributed by atoms with Gasteiger partial charge in [0.25, 0.3) is 0 Å². The van der Waals surface area contributed by atoms with Gasteiger partial charge in [0.15, 0.2) is 0 Å². The minimum absolute atomic E-state index is 1.12. The molecule has 0 aliphatic heterocycles. The fourth-order valence-corrected chi connectivity index (χ4v) is 10.4. The Hall–Kier alpha value is -8.72. The number of anilines is 6. The molecule has 2 nitrogen and oxygen atoms in total. The average molecular weight is 839 g/mol. The fraction of sp³-hybridized carbons (Fsp3) is 0. The molecule has 13 aromatic rings. The summed E-state index contributed by atoms with van der Waals surface area (Å²) in [7, 11) is 0. The molecule has 0 radical (unpaired) electrons. The molecule has 13 rings (SSSR count). The van der Waals surface area contributed by atoms with Gasteiger partial charge in [-0.25, -0.2) is 0 Å². The van der Waals surface area contributed by atoms with E-state index < -0.39 is 0 Å². The first-order valence-electron chi connectivity index (χ1n) is 22.7. The van der Waals surface area contributed by atoms with Crippen LogP contribution in [0.5, 0.6) is 0 Å². The van der Waals surface area contributed by atoms with E-state index in [1.54, 1.807) is 0 Å². The quantitative estimate of drug-likeness (QED) is 0.106. The predicted octanol–water partition coefficient (Wildman–Crippen LogP) is 18.3. The van der Waals surface area contributed by atoms with Gasteiger partial charge in [0, 0.05) is 33.5 Å². The minimum Gasteiger partial charge on any atom is -0.310 e. The number of hydrogen-bond acceptors (Lipinski definition) is 2. The first-order valence-corrected chi connectivity index (χ1v) is 22.7. The van der Waals surface area contributed by atoms with Crippen molar-refractivity contribution in [1.82, 2.24) is 0 Å². The van der Waals surface area contributed by atoms with Crippen molar-refractivity contribution in [3.05, 3.63) is 254 Å². The Morgan fingerprint density at radius 1 is 0.227 bits per heavy atom. The van der Waals surface area contributed by atoms with Crippen LogP contribution in [0.3, 0.4) is 0 Å². The topological polar surface area (TPSA) is 6.48 Å². The maximum atomic E-state index is 2.39. The van der Waals surface area contributed by atoms with Gasteiger partial charge >= 0.3 is 0 Å². The predicted molar refractivity (Wildman–Crippen MR) is 284 cm³/mol. The molecule has 0 atom stereocenters. The monoisotopic (exact) mass is 838 g/mol. The zero-order valence-corrected chi connectivity index (χ0v) is 36.1. The second-order valence-corrected chi connectivity index (χ2v) is 17.3. The lowest BCUT2D eigenvalue weighted by Crippen LogP contribution is -2.10. The van der Waals surface area contributed by atoms with Crippen LogP contribution in [0.15, 0.2) is 243 Å². The molecule has 0 bridgehead atoms. The van der Waals surface area contributed by atoms with Gasteiger partial charge in [-0.1, -0.05) is 194 Å². The van der Waals surface area contributed by atoms with Crippen LogP contribution in [-0.2, 0) is 0 Å². The lowest BCUT2D eigenvalue weighted by Gasteiger charge is -2.28. The highest BCUT2D eigenvalue weighted by molar-refractivity contribution is 6.27. The van der Waals surface area contributed by atoms with Crippen molar-refractivity contribution in [1.29, 1.82) is 0 Å². The molecule has 2 heteroatoms.